The Hall–Kier alpha value is -2.23. The van der Waals surface area contributed by atoms with Crippen molar-refractivity contribution < 1.29 is 18.7 Å². The fraction of sp³-hybridized carbons (Fsp3) is 0.526. The Morgan fingerprint density at radius 1 is 1.11 bits per heavy atom. The number of hydrogen-bond acceptors (Lipinski definition) is 7. The van der Waals surface area contributed by atoms with Crippen molar-refractivity contribution in [2.24, 2.45) is 0 Å². The van der Waals surface area contributed by atoms with E-state index >= 15 is 0 Å². The summed E-state index contributed by atoms with van der Waals surface area (Å²) >= 11 is 1.47. The maximum absolute atomic E-state index is 12.9. The number of piperazine rings is 1. The van der Waals surface area contributed by atoms with E-state index < -0.39 is 0 Å². The van der Waals surface area contributed by atoms with Crippen LogP contribution in [0.25, 0.3) is 10.8 Å². The zero-order chi connectivity index (χ0) is 19.5. The highest BCUT2D eigenvalue weighted by Crippen LogP contribution is 2.28. The van der Waals surface area contributed by atoms with Crippen molar-refractivity contribution in [3.05, 3.63) is 29.0 Å². The van der Waals surface area contributed by atoms with Crippen molar-refractivity contribution in [2.75, 3.05) is 59.0 Å². The Kier molecular flexibility index (Phi) is 5.74. The van der Waals surface area contributed by atoms with Crippen molar-refractivity contribution in [1.29, 1.82) is 0 Å². The first-order valence-corrected chi connectivity index (χ1v) is 10.3. The first-order chi connectivity index (χ1) is 13.6. The van der Waals surface area contributed by atoms with Gasteiger partial charge in [-0.3, -0.25) is 14.5 Å². The molecule has 9 heteroatoms. The lowest BCUT2D eigenvalue weighted by Gasteiger charge is -2.35. The third kappa shape index (κ3) is 4.11. The van der Waals surface area contributed by atoms with Crippen LogP contribution in [-0.2, 0) is 9.53 Å². The lowest BCUT2D eigenvalue weighted by molar-refractivity contribution is -0.136. The number of nitrogens with zero attached hydrogens (tertiary/aromatic N) is 4. The highest BCUT2D eigenvalue weighted by atomic mass is 32.1. The zero-order valence-electron chi connectivity index (χ0n) is 15.9. The van der Waals surface area contributed by atoms with Gasteiger partial charge in [-0.05, 0) is 19.1 Å². The molecule has 2 saturated heterocycles. The second-order valence-electron chi connectivity index (χ2n) is 6.96. The highest BCUT2D eigenvalue weighted by molar-refractivity contribution is 7.15. The smallest absolute Gasteiger partial charge is 0.273 e. The molecule has 4 rings (SSSR count). The van der Waals surface area contributed by atoms with Crippen LogP contribution in [0.1, 0.15) is 15.4 Å². The molecule has 28 heavy (non-hydrogen) atoms. The molecule has 0 radical (unpaired) electrons. The second-order valence-corrected chi connectivity index (χ2v) is 8.17. The molecule has 2 fully saturated rings. The SMILES string of the molecule is Cc1sc(-c2ccco2)nc1C(=O)N1CCN(CC(=O)N2CCOCC2)CC1. The first kappa shape index (κ1) is 19.1. The van der Waals surface area contributed by atoms with Crippen LogP contribution >= 0.6 is 11.3 Å². The monoisotopic (exact) mass is 404 g/mol. The van der Waals surface area contributed by atoms with Crippen LogP contribution < -0.4 is 0 Å². The Morgan fingerprint density at radius 2 is 1.86 bits per heavy atom. The van der Waals surface area contributed by atoms with Crippen molar-refractivity contribution in [3.63, 3.8) is 0 Å². The number of carbonyl (C=O) groups is 2. The molecule has 2 aromatic rings. The van der Waals surface area contributed by atoms with Crippen LogP contribution in [0, 0.1) is 6.92 Å². The molecule has 0 atom stereocenters. The molecule has 0 unspecified atom stereocenters. The molecule has 0 bridgehead atoms. The Morgan fingerprint density at radius 3 is 2.54 bits per heavy atom. The van der Waals surface area contributed by atoms with Crippen LogP contribution in [0.15, 0.2) is 22.8 Å². The number of hydrogen-bond donors (Lipinski definition) is 0. The van der Waals surface area contributed by atoms with E-state index in [1.807, 2.05) is 28.9 Å². The number of furan rings is 1. The average molecular weight is 404 g/mol. The largest absolute Gasteiger partial charge is 0.462 e. The van der Waals surface area contributed by atoms with Gasteiger partial charge in [0.25, 0.3) is 5.91 Å². The highest BCUT2D eigenvalue weighted by Gasteiger charge is 2.28. The number of aryl methyl sites for hydroxylation is 1. The Bertz CT molecular complexity index is 821. The third-order valence-corrected chi connectivity index (χ3v) is 6.10. The van der Waals surface area contributed by atoms with Gasteiger partial charge in [0.05, 0.1) is 26.0 Å². The molecule has 0 spiro atoms. The molecule has 2 aliphatic heterocycles. The van der Waals surface area contributed by atoms with Crippen LogP contribution in [0.2, 0.25) is 0 Å². The number of aromatic nitrogens is 1. The van der Waals surface area contributed by atoms with Crippen LogP contribution in [-0.4, -0.2) is 90.5 Å². The summed E-state index contributed by atoms with van der Waals surface area (Å²) in [6.07, 6.45) is 1.60. The van der Waals surface area contributed by atoms with Crippen LogP contribution in [0.4, 0.5) is 0 Å². The van der Waals surface area contributed by atoms with Crippen molar-refractivity contribution in [2.45, 2.75) is 6.92 Å². The summed E-state index contributed by atoms with van der Waals surface area (Å²) in [5, 5.41) is 0.723. The van der Waals surface area contributed by atoms with Crippen molar-refractivity contribution >= 4 is 23.2 Å². The summed E-state index contributed by atoms with van der Waals surface area (Å²) in [4.78, 5) is 36.5. The van der Waals surface area contributed by atoms with Gasteiger partial charge >= 0.3 is 0 Å². The zero-order valence-corrected chi connectivity index (χ0v) is 16.7. The molecule has 0 aliphatic carbocycles. The van der Waals surface area contributed by atoms with Crippen LogP contribution in [0.5, 0.6) is 0 Å². The van der Waals surface area contributed by atoms with E-state index in [-0.39, 0.29) is 11.8 Å². The van der Waals surface area contributed by atoms with Gasteiger partial charge in [-0.15, -0.1) is 11.3 Å². The maximum atomic E-state index is 12.9. The maximum Gasteiger partial charge on any atom is 0.273 e. The van der Waals surface area contributed by atoms with Crippen molar-refractivity contribution in [1.82, 2.24) is 19.7 Å². The van der Waals surface area contributed by atoms with E-state index in [0.29, 0.717) is 70.5 Å². The topological polar surface area (TPSA) is 79.1 Å². The Balaban J connectivity index is 1.32. The first-order valence-electron chi connectivity index (χ1n) is 9.50. The predicted molar refractivity (Wildman–Crippen MR) is 104 cm³/mol. The molecule has 2 aliphatic rings. The van der Waals surface area contributed by atoms with Gasteiger partial charge in [0.2, 0.25) is 5.91 Å². The van der Waals surface area contributed by atoms with Gasteiger partial charge < -0.3 is 19.0 Å². The summed E-state index contributed by atoms with van der Waals surface area (Å²) in [5.41, 5.74) is 0.495. The molecule has 2 aromatic heterocycles. The summed E-state index contributed by atoms with van der Waals surface area (Å²) in [5.74, 6) is 0.769. The van der Waals surface area contributed by atoms with Gasteiger partial charge in [-0.2, -0.15) is 0 Å². The molecule has 8 nitrogen and oxygen atoms in total. The van der Waals surface area contributed by atoms with E-state index in [1.165, 1.54) is 11.3 Å². The molecular formula is C19H24N4O4S. The van der Waals surface area contributed by atoms with E-state index in [9.17, 15) is 9.59 Å². The van der Waals surface area contributed by atoms with E-state index in [2.05, 4.69) is 9.88 Å². The van der Waals surface area contributed by atoms with Crippen LogP contribution in [0.3, 0.4) is 0 Å². The number of ether oxygens (including phenoxy) is 1. The number of thiazole rings is 1. The normalized spacial score (nSPS) is 18.5. The Labute approximate surface area is 167 Å². The number of rotatable bonds is 4. The van der Waals surface area contributed by atoms with E-state index in [1.54, 1.807) is 6.26 Å². The summed E-state index contributed by atoms with van der Waals surface area (Å²) in [7, 11) is 0. The van der Waals surface area contributed by atoms with Crippen molar-refractivity contribution in [3.8, 4) is 10.8 Å². The van der Waals surface area contributed by atoms with Gasteiger partial charge in [0.1, 0.15) is 5.69 Å². The molecular weight excluding hydrogens is 380 g/mol. The molecule has 150 valence electrons. The molecule has 0 N–H and O–H groups in total. The second kappa shape index (κ2) is 8.42. The minimum Gasteiger partial charge on any atom is -0.462 e. The average Bonchev–Trinajstić information content (AvgIpc) is 3.38. The lowest BCUT2D eigenvalue weighted by Crippen LogP contribution is -2.52. The quantitative estimate of drug-likeness (QED) is 0.765. The minimum atomic E-state index is -0.0503. The van der Waals surface area contributed by atoms with Gasteiger partial charge in [0.15, 0.2) is 10.8 Å². The summed E-state index contributed by atoms with van der Waals surface area (Å²) < 4.78 is 10.7. The van der Waals surface area contributed by atoms with Gasteiger partial charge in [-0.1, -0.05) is 0 Å². The molecule has 0 saturated carbocycles. The fourth-order valence-electron chi connectivity index (χ4n) is 3.46. The van der Waals surface area contributed by atoms with Gasteiger partial charge in [0, 0.05) is 44.1 Å². The predicted octanol–water partition coefficient (Wildman–Crippen LogP) is 1.33. The fourth-order valence-corrected chi connectivity index (χ4v) is 4.34. The third-order valence-electron chi connectivity index (χ3n) is 5.11. The van der Waals surface area contributed by atoms with E-state index in [0.717, 1.165) is 9.88 Å². The number of carbonyl (C=O) groups excluding carboxylic acids is 2. The lowest BCUT2D eigenvalue weighted by atomic mass is 10.2. The minimum absolute atomic E-state index is 0.0503. The van der Waals surface area contributed by atoms with Gasteiger partial charge in [-0.25, -0.2) is 4.98 Å². The number of morpholine rings is 1. The number of amides is 2. The standard InChI is InChI=1S/C19H24N4O4S/c1-14-17(20-18(28-14)15-3-2-10-27-15)19(25)23-6-4-21(5-7-23)13-16(24)22-8-11-26-12-9-22/h2-3,10H,4-9,11-13H2,1H3. The van der Waals surface area contributed by atoms with E-state index in [4.69, 9.17) is 9.15 Å². The summed E-state index contributed by atoms with van der Waals surface area (Å²) in [6, 6.07) is 3.65. The molecule has 0 aromatic carbocycles. The summed E-state index contributed by atoms with van der Waals surface area (Å²) in [6.45, 7) is 7.45. The molecule has 4 heterocycles. The molecule has 2 amide bonds.